The van der Waals surface area contributed by atoms with Crippen LogP contribution in [-0.4, -0.2) is 29.7 Å². The highest BCUT2D eigenvalue weighted by atomic mass is 32.2. The molecule has 170 valence electrons. The van der Waals surface area contributed by atoms with Crippen molar-refractivity contribution in [3.8, 4) is 5.75 Å². The Morgan fingerprint density at radius 1 is 1.16 bits per heavy atom. The number of carbonyl (C=O) groups is 1. The van der Waals surface area contributed by atoms with Crippen molar-refractivity contribution >= 4 is 23.6 Å². The molecule has 1 heterocycles. The van der Waals surface area contributed by atoms with Gasteiger partial charge in [-0.2, -0.15) is 0 Å². The Bertz CT molecular complexity index is 935. The molecule has 1 aliphatic heterocycles. The molecule has 4 nitrogen and oxygen atoms in total. The molecule has 0 radical (unpaired) electrons. The number of carbonyl (C=O) groups excluding carboxylic acids is 1. The molecule has 1 fully saturated rings. The van der Waals surface area contributed by atoms with Crippen molar-refractivity contribution in [2.24, 2.45) is 5.92 Å². The molecule has 1 amide bonds. The molecule has 1 aliphatic carbocycles. The van der Waals surface area contributed by atoms with Gasteiger partial charge in [0.1, 0.15) is 5.75 Å². The summed E-state index contributed by atoms with van der Waals surface area (Å²) in [7, 11) is 0. The number of rotatable bonds is 12. The lowest BCUT2D eigenvalue weighted by molar-refractivity contribution is 0.0849. The quantitative estimate of drug-likeness (QED) is 0.301. The molecule has 5 heteroatoms. The van der Waals surface area contributed by atoms with E-state index >= 15 is 0 Å². The summed E-state index contributed by atoms with van der Waals surface area (Å²) in [4.78, 5) is 14.4. The van der Waals surface area contributed by atoms with Crippen LogP contribution in [0.2, 0.25) is 0 Å². The molecule has 0 bridgehead atoms. The first kappa shape index (κ1) is 22.9. The maximum absolute atomic E-state index is 12.6. The molecule has 2 aliphatic rings. The fourth-order valence-corrected chi connectivity index (χ4v) is 4.90. The lowest BCUT2D eigenvalue weighted by atomic mass is 10.1. The van der Waals surface area contributed by atoms with Gasteiger partial charge in [-0.15, -0.1) is 0 Å². The molecule has 2 aromatic rings. The zero-order chi connectivity index (χ0) is 22.5. The van der Waals surface area contributed by atoms with Crippen molar-refractivity contribution < 1.29 is 9.53 Å². The minimum absolute atomic E-state index is 0.0918. The van der Waals surface area contributed by atoms with Gasteiger partial charge in [0, 0.05) is 35.2 Å². The third-order valence-electron chi connectivity index (χ3n) is 6.18. The van der Waals surface area contributed by atoms with Crippen LogP contribution in [0.3, 0.4) is 0 Å². The van der Waals surface area contributed by atoms with Crippen LogP contribution in [0.25, 0.3) is 5.70 Å². The van der Waals surface area contributed by atoms with Gasteiger partial charge in [0.15, 0.2) is 0 Å². The number of fused-ring (bicyclic) bond motifs is 1. The van der Waals surface area contributed by atoms with Crippen molar-refractivity contribution in [2.75, 3.05) is 18.9 Å². The monoisotopic (exact) mass is 450 g/mol. The van der Waals surface area contributed by atoms with Gasteiger partial charge < -0.3 is 9.64 Å². The molecule has 1 N–H and O–H groups in total. The Kier molecular flexibility index (Phi) is 7.59. The number of hydrogen-bond acceptors (Lipinski definition) is 4. The summed E-state index contributed by atoms with van der Waals surface area (Å²) in [5.74, 6) is 2.90. The Balaban J connectivity index is 1.13. The van der Waals surface area contributed by atoms with E-state index in [2.05, 4.69) is 43.3 Å². The highest BCUT2D eigenvalue weighted by Crippen LogP contribution is 2.32. The predicted octanol–water partition coefficient (Wildman–Crippen LogP) is 6.38. The second-order valence-corrected chi connectivity index (χ2v) is 9.96. The van der Waals surface area contributed by atoms with Gasteiger partial charge >= 0.3 is 0 Å². The third-order valence-corrected chi connectivity index (χ3v) is 7.20. The Hall–Kier alpha value is -2.24. The summed E-state index contributed by atoms with van der Waals surface area (Å²) in [5, 5.41) is 0. The molecule has 0 unspecified atom stereocenters. The summed E-state index contributed by atoms with van der Waals surface area (Å²) < 4.78 is 9.55. The van der Waals surface area contributed by atoms with Gasteiger partial charge in [-0.05, 0) is 74.8 Å². The molecular weight excluding hydrogens is 416 g/mol. The SMILES string of the molecule is C=C1c2ccccc2C(=O)N1CCCCCSN[C@@H](C)c1cc(C)cc(OCC2CC2)c1. The maximum atomic E-state index is 12.6. The van der Waals surface area contributed by atoms with Gasteiger partial charge in [0.2, 0.25) is 0 Å². The number of ether oxygens (including phenoxy) is 1. The van der Waals surface area contributed by atoms with E-state index in [4.69, 9.17) is 4.74 Å². The normalized spacial score (nSPS) is 16.4. The van der Waals surface area contributed by atoms with Crippen molar-refractivity contribution in [3.05, 3.63) is 71.3 Å². The summed E-state index contributed by atoms with van der Waals surface area (Å²) in [6.45, 7) is 10.0. The largest absolute Gasteiger partial charge is 0.493 e. The minimum Gasteiger partial charge on any atom is -0.493 e. The Morgan fingerprint density at radius 2 is 1.94 bits per heavy atom. The van der Waals surface area contributed by atoms with E-state index in [1.54, 1.807) is 11.9 Å². The lowest BCUT2D eigenvalue weighted by Gasteiger charge is -2.17. The Labute approximate surface area is 196 Å². The second kappa shape index (κ2) is 10.6. The first-order valence-electron chi connectivity index (χ1n) is 11.7. The molecule has 1 atom stereocenters. The van der Waals surface area contributed by atoms with E-state index in [0.29, 0.717) is 0 Å². The highest BCUT2D eigenvalue weighted by molar-refractivity contribution is 7.97. The molecule has 2 aromatic carbocycles. The number of amides is 1. The first-order chi connectivity index (χ1) is 15.5. The minimum atomic E-state index is 0.0918. The van der Waals surface area contributed by atoms with E-state index in [0.717, 1.165) is 66.7 Å². The molecule has 4 rings (SSSR count). The van der Waals surface area contributed by atoms with E-state index in [9.17, 15) is 4.79 Å². The molecule has 0 aromatic heterocycles. The van der Waals surface area contributed by atoms with Crippen LogP contribution in [0.4, 0.5) is 0 Å². The van der Waals surface area contributed by atoms with Crippen LogP contribution >= 0.6 is 11.9 Å². The average molecular weight is 451 g/mol. The van der Waals surface area contributed by atoms with Gasteiger partial charge in [-0.1, -0.05) is 49.2 Å². The van der Waals surface area contributed by atoms with Gasteiger partial charge in [0.05, 0.1) is 6.61 Å². The van der Waals surface area contributed by atoms with E-state index in [-0.39, 0.29) is 11.9 Å². The Morgan fingerprint density at radius 3 is 2.69 bits per heavy atom. The second-order valence-electron chi connectivity index (χ2n) is 9.03. The number of benzene rings is 2. The number of unbranched alkanes of at least 4 members (excludes halogenated alkanes) is 2. The van der Waals surface area contributed by atoms with Crippen molar-refractivity contribution in [1.82, 2.24) is 9.62 Å². The number of nitrogens with zero attached hydrogens (tertiary/aromatic N) is 1. The average Bonchev–Trinajstić information content (AvgIpc) is 3.59. The zero-order valence-electron chi connectivity index (χ0n) is 19.2. The predicted molar refractivity (Wildman–Crippen MR) is 134 cm³/mol. The topological polar surface area (TPSA) is 41.6 Å². The summed E-state index contributed by atoms with van der Waals surface area (Å²) in [6, 6.07) is 14.6. The van der Waals surface area contributed by atoms with Crippen molar-refractivity contribution in [3.63, 3.8) is 0 Å². The fraction of sp³-hybridized carbons (Fsp3) is 0.444. The first-order valence-corrected chi connectivity index (χ1v) is 12.7. The van der Waals surface area contributed by atoms with Crippen molar-refractivity contribution in [1.29, 1.82) is 0 Å². The highest BCUT2D eigenvalue weighted by Gasteiger charge is 2.29. The zero-order valence-corrected chi connectivity index (χ0v) is 20.0. The molecule has 1 saturated carbocycles. The summed E-state index contributed by atoms with van der Waals surface area (Å²) in [5.41, 5.74) is 5.11. The summed E-state index contributed by atoms with van der Waals surface area (Å²) >= 11 is 1.78. The lowest BCUT2D eigenvalue weighted by Crippen LogP contribution is -2.24. The van der Waals surface area contributed by atoms with E-state index in [1.807, 2.05) is 29.2 Å². The van der Waals surface area contributed by atoms with Crippen LogP contribution in [-0.2, 0) is 0 Å². The standard InChI is InChI=1S/C27H34N2O2S/c1-19-15-23(17-24(16-19)31-18-22-11-12-22)20(2)28-32-14-8-4-7-13-29-21(3)25-9-5-6-10-26(25)27(29)30/h5-6,9-10,15-17,20,22,28H,3-4,7-8,11-14,18H2,1-2H3/t20-/m0/s1. The van der Waals surface area contributed by atoms with Crippen LogP contribution in [0.5, 0.6) is 5.75 Å². The van der Waals surface area contributed by atoms with Crippen molar-refractivity contribution in [2.45, 2.75) is 52.0 Å². The van der Waals surface area contributed by atoms with Crippen LogP contribution < -0.4 is 9.46 Å². The molecule has 0 saturated heterocycles. The van der Waals surface area contributed by atoms with Gasteiger partial charge in [0.25, 0.3) is 5.91 Å². The third kappa shape index (κ3) is 5.76. The number of aryl methyl sites for hydroxylation is 1. The van der Waals surface area contributed by atoms with Crippen LogP contribution in [0, 0.1) is 12.8 Å². The maximum Gasteiger partial charge on any atom is 0.258 e. The molecule has 32 heavy (non-hydrogen) atoms. The van der Waals surface area contributed by atoms with Gasteiger partial charge in [-0.25, -0.2) is 0 Å². The van der Waals surface area contributed by atoms with E-state index < -0.39 is 0 Å². The summed E-state index contributed by atoms with van der Waals surface area (Å²) in [6.07, 6.45) is 5.83. The number of hydrogen-bond donors (Lipinski definition) is 1. The van der Waals surface area contributed by atoms with Gasteiger partial charge in [-0.3, -0.25) is 9.52 Å². The van der Waals surface area contributed by atoms with E-state index in [1.165, 1.54) is 24.0 Å². The van der Waals surface area contributed by atoms with Crippen LogP contribution in [0.1, 0.15) is 72.1 Å². The number of nitrogens with one attached hydrogen (secondary N) is 1. The van der Waals surface area contributed by atoms with Crippen LogP contribution in [0.15, 0.2) is 49.0 Å². The molecular formula is C27H34N2O2S. The molecule has 0 spiro atoms. The fourth-order valence-electron chi connectivity index (χ4n) is 4.05. The smallest absolute Gasteiger partial charge is 0.258 e.